The number of carboxylic acid groups (broad SMARTS) is 1. The fraction of sp³-hybridized carbons (Fsp3) is 0.222. The molecule has 0 bridgehead atoms. The topological polar surface area (TPSA) is 79.3 Å². The fourth-order valence-corrected chi connectivity index (χ4v) is 1.32. The second-order valence-corrected chi connectivity index (χ2v) is 3.30. The molecule has 7 heteroatoms. The minimum Gasteiger partial charge on any atom is -0.465 e. The molecule has 0 aliphatic carbocycles. The van der Waals surface area contributed by atoms with Crippen molar-refractivity contribution in [3.05, 3.63) is 28.8 Å². The summed E-state index contributed by atoms with van der Waals surface area (Å²) in [5.41, 5.74) is -0.193. The highest BCUT2D eigenvalue weighted by Gasteiger charge is 2.20. The van der Waals surface area contributed by atoms with Crippen molar-refractivity contribution in [3.63, 3.8) is 0 Å². The van der Waals surface area contributed by atoms with Gasteiger partial charge in [-0.3, -0.25) is 4.98 Å². The Morgan fingerprint density at radius 3 is 3.00 bits per heavy atom. The van der Waals surface area contributed by atoms with Crippen molar-refractivity contribution in [2.45, 2.75) is 12.5 Å². The maximum Gasteiger partial charge on any atom is 0.405 e. The van der Waals surface area contributed by atoms with Crippen molar-refractivity contribution in [2.24, 2.45) is 0 Å². The molecular weight excluding hydrogens is 239 g/mol. The Kier molecular flexibility index (Phi) is 4.19. The Hall–Kier alpha value is -1.69. The number of halogens is 2. The average Bonchev–Trinajstić information content (AvgIpc) is 2.21. The summed E-state index contributed by atoms with van der Waals surface area (Å²) in [5, 5.41) is 10.3. The summed E-state index contributed by atoms with van der Waals surface area (Å²) in [7, 11) is 0. The largest absolute Gasteiger partial charge is 0.465 e. The van der Waals surface area contributed by atoms with Crippen LogP contribution in [0.3, 0.4) is 0 Å². The van der Waals surface area contributed by atoms with Gasteiger partial charge in [0.15, 0.2) is 5.82 Å². The van der Waals surface area contributed by atoms with E-state index >= 15 is 0 Å². The highest BCUT2D eigenvalue weighted by molar-refractivity contribution is 6.30. The maximum absolute atomic E-state index is 13.5. The number of carbonyl (C=O) groups excluding carboxylic acids is 1. The maximum atomic E-state index is 13.5. The molecule has 1 rings (SSSR count). The van der Waals surface area contributed by atoms with Crippen molar-refractivity contribution in [1.29, 1.82) is 0 Å². The average molecular weight is 247 g/mol. The predicted octanol–water partition coefficient (Wildman–Crippen LogP) is 1.77. The Balaban J connectivity index is 3.04. The van der Waals surface area contributed by atoms with Gasteiger partial charge >= 0.3 is 6.09 Å². The SMILES string of the molecule is O=CCC(NC(=O)O)c1nccc(Cl)c1F. The summed E-state index contributed by atoms with van der Waals surface area (Å²) in [4.78, 5) is 24.5. The van der Waals surface area contributed by atoms with Gasteiger partial charge in [-0.25, -0.2) is 9.18 Å². The number of amides is 1. The van der Waals surface area contributed by atoms with Gasteiger partial charge in [0.2, 0.25) is 0 Å². The molecule has 0 radical (unpaired) electrons. The first-order valence-corrected chi connectivity index (χ1v) is 4.67. The Morgan fingerprint density at radius 1 is 1.75 bits per heavy atom. The molecule has 1 heterocycles. The van der Waals surface area contributed by atoms with Crippen molar-refractivity contribution in [3.8, 4) is 0 Å². The van der Waals surface area contributed by atoms with Crippen LogP contribution < -0.4 is 5.32 Å². The summed E-state index contributed by atoms with van der Waals surface area (Å²) in [6.07, 6.45) is 0.134. The quantitative estimate of drug-likeness (QED) is 0.794. The Morgan fingerprint density at radius 2 is 2.44 bits per heavy atom. The molecule has 1 amide bonds. The molecule has 1 unspecified atom stereocenters. The van der Waals surface area contributed by atoms with Crippen LogP contribution in [0.25, 0.3) is 0 Å². The molecular formula is C9H8ClFN2O3. The fourth-order valence-electron chi connectivity index (χ4n) is 1.16. The highest BCUT2D eigenvalue weighted by Crippen LogP contribution is 2.22. The van der Waals surface area contributed by atoms with Gasteiger partial charge in [-0.1, -0.05) is 11.6 Å². The summed E-state index contributed by atoms with van der Waals surface area (Å²) < 4.78 is 13.5. The number of nitrogens with zero attached hydrogens (tertiary/aromatic N) is 1. The molecule has 0 spiro atoms. The molecule has 0 aromatic carbocycles. The molecule has 86 valence electrons. The molecule has 2 N–H and O–H groups in total. The van der Waals surface area contributed by atoms with Gasteiger partial charge in [-0.15, -0.1) is 0 Å². The molecule has 5 nitrogen and oxygen atoms in total. The number of hydrogen-bond acceptors (Lipinski definition) is 3. The van der Waals surface area contributed by atoms with Gasteiger partial charge in [0.1, 0.15) is 12.0 Å². The number of aldehydes is 1. The van der Waals surface area contributed by atoms with Gasteiger partial charge < -0.3 is 15.2 Å². The molecule has 0 saturated heterocycles. The van der Waals surface area contributed by atoms with E-state index in [1.807, 2.05) is 5.32 Å². The van der Waals surface area contributed by atoms with Crippen LogP contribution in [0, 0.1) is 5.82 Å². The monoisotopic (exact) mass is 246 g/mol. The van der Waals surface area contributed by atoms with Crippen LogP contribution in [0.2, 0.25) is 5.02 Å². The lowest BCUT2D eigenvalue weighted by atomic mass is 10.1. The van der Waals surface area contributed by atoms with E-state index in [1.165, 1.54) is 12.3 Å². The van der Waals surface area contributed by atoms with E-state index in [0.717, 1.165) is 0 Å². The van der Waals surface area contributed by atoms with Crippen LogP contribution in [-0.2, 0) is 4.79 Å². The zero-order valence-corrected chi connectivity index (χ0v) is 8.74. The van der Waals surface area contributed by atoms with Crippen molar-refractivity contribution in [2.75, 3.05) is 0 Å². The summed E-state index contributed by atoms with van der Waals surface area (Å²) in [6, 6.07) is 0.202. The van der Waals surface area contributed by atoms with Gasteiger partial charge in [-0.05, 0) is 6.07 Å². The van der Waals surface area contributed by atoms with E-state index in [9.17, 15) is 14.0 Å². The summed E-state index contributed by atoms with van der Waals surface area (Å²) in [6.45, 7) is 0. The van der Waals surface area contributed by atoms with Crippen LogP contribution in [0.4, 0.5) is 9.18 Å². The first kappa shape index (κ1) is 12.4. The second-order valence-electron chi connectivity index (χ2n) is 2.90. The lowest BCUT2D eigenvalue weighted by molar-refractivity contribution is -0.108. The first-order chi connectivity index (χ1) is 7.56. The van der Waals surface area contributed by atoms with E-state index in [0.29, 0.717) is 6.29 Å². The number of pyridine rings is 1. The second kappa shape index (κ2) is 5.41. The van der Waals surface area contributed by atoms with E-state index in [2.05, 4.69) is 4.98 Å². The minimum atomic E-state index is -1.37. The standard InChI is InChI=1S/C9H8ClFN2O3/c10-5-1-3-12-8(7(5)11)6(2-4-14)13-9(15)16/h1,3-4,6,13H,2H2,(H,15,16). The smallest absolute Gasteiger partial charge is 0.405 e. The first-order valence-electron chi connectivity index (χ1n) is 4.29. The number of nitrogens with one attached hydrogen (secondary N) is 1. The number of rotatable bonds is 4. The van der Waals surface area contributed by atoms with Gasteiger partial charge in [-0.2, -0.15) is 0 Å². The van der Waals surface area contributed by atoms with Crippen LogP contribution >= 0.6 is 11.6 Å². The third-order valence-electron chi connectivity index (χ3n) is 1.83. The zero-order valence-electron chi connectivity index (χ0n) is 7.98. The van der Waals surface area contributed by atoms with E-state index in [-0.39, 0.29) is 17.1 Å². The van der Waals surface area contributed by atoms with Crippen LogP contribution in [0.5, 0.6) is 0 Å². The van der Waals surface area contributed by atoms with E-state index in [1.54, 1.807) is 0 Å². The Bertz CT molecular complexity index is 414. The van der Waals surface area contributed by atoms with Crippen molar-refractivity contribution >= 4 is 24.0 Å². The summed E-state index contributed by atoms with van der Waals surface area (Å²) >= 11 is 5.52. The molecule has 0 aliphatic rings. The molecule has 0 fully saturated rings. The summed E-state index contributed by atoms with van der Waals surface area (Å²) in [5.74, 6) is -0.829. The van der Waals surface area contributed by atoms with Gasteiger partial charge in [0.05, 0.1) is 11.1 Å². The van der Waals surface area contributed by atoms with Crippen LogP contribution in [0.1, 0.15) is 18.2 Å². The van der Waals surface area contributed by atoms with Crippen LogP contribution in [-0.4, -0.2) is 22.5 Å². The predicted molar refractivity (Wildman–Crippen MR) is 53.8 cm³/mol. The third kappa shape index (κ3) is 2.90. The Labute approximate surface area is 95.2 Å². The van der Waals surface area contributed by atoms with Gasteiger partial charge in [0, 0.05) is 12.6 Å². The van der Waals surface area contributed by atoms with Crippen LogP contribution in [0.15, 0.2) is 12.3 Å². The van der Waals surface area contributed by atoms with Gasteiger partial charge in [0.25, 0.3) is 0 Å². The molecule has 1 atom stereocenters. The van der Waals surface area contributed by atoms with Crippen molar-refractivity contribution < 1.29 is 19.1 Å². The normalized spacial score (nSPS) is 11.9. The van der Waals surface area contributed by atoms with E-state index in [4.69, 9.17) is 16.7 Å². The lowest BCUT2D eigenvalue weighted by Gasteiger charge is -2.14. The third-order valence-corrected chi connectivity index (χ3v) is 2.12. The zero-order chi connectivity index (χ0) is 12.1. The molecule has 0 saturated carbocycles. The van der Waals surface area contributed by atoms with E-state index < -0.39 is 18.0 Å². The molecule has 1 aromatic rings. The molecule has 16 heavy (non-hydrogen) atoms. The molecule has 0 aliphatic heterocycles. The number of hydrogen-bond donors (Lipinski definition) is 2. The van der Waals surface area contributed by atoms with Crippen molar-refractivity contribution in [1.82, 2.24) is 10.3 Å². The number of aromatic nitrogens is 1. The number of carbonyl (C=O) groups is 2. The highest BCUT2D eigenvalue weighted by atomic mass is 35.5. The minimum absolute atomic E-state index is 0.173. The lowest BCUT2D eigenvalue weighted by Crippen LogP contribution is -2.28. The molecule has 1 aromatic heterocycles.